The van der Waals surface area contributed by atoms with E-state index < -0.39 is 0 Å². The number of rotatable bonds is 3. The molecule has 0 aliphatic carbocycles. The topological polar surface area (TPSA) is 71.4 Å². The highest BCUT2D eigenvalue weighted by Crippen LogP contribution is 2.27. The summed E-state index contributed by atoms with van der Waals surface area (Å²) >= 11 is 0. The molecule has 2 N–H and O–H groups in total. The Morgan fingerprint density at radius 3 is 2.76 bits per heavy atom. The number of nitrogens with zero attached hydrogens (tertiary/aromatic N) is 4. The Morgan fingerprint density at radius 1 is 1.41 bits per heavy atom. The Balaban J connectivity index is 1.78. The summed E-state index contributed by atoms with van der Waals surface area (Å²) in [6.07, 6.45) is 0.822. The zero-order chi connectivity index (χ0) is 11.8. The monoisotopic (exact) mass is 237 g/mol. The van der Waals surface area contributed by atoms with E-state index in [-0.39, 0.29) is 6.04 Å². The third kappa shape index (κ3) is 1.96. The van der Waals surface area contributed by atoms with E-state index in [2.05, 4.69) is 19.9 Å². The van der Waals surface area contributed by atoms with Gasteiger partial charge in [0, 0.05) is 32.7 Å². The fraction of sp³-hybridized carbons (Fsp3) is 0.818. The second-order valence-corrected chi connectivity index (χ2v) is 4.86. The Labute approximate surface area is 101 Å². The summed E-state index contributed by atoms with van der Waals surface area (Å²) in [4.78, 5) is 9.35. The van der Waals surface area contributed by atoms with Gasteiger partial charge in [-0.05, 0) is 6.42 Å². The minimum atomic E-state index is -0.132. The number of aromatic nitrogens is 2. The Morgan fingerprint density at radius 2 is 2.18 bits per heavy atom. The van der Waals surface area contributed by atoms with Crippen LogP contribution in [0.25, 0.3) is 0 Å². The standard InChI is InChI=1S/C11H19N5O/c1-2-8(12)11-13-10(14-17-11)9-7-15-3-5-16(9)6-4-15/h8-9H,2-7,12H2,1H3/t8-,9?/m1/s1. The Bertz CT molecular complexity index is 385. The van der Waals surface area contributed by atoms with Crippen LogP contribution in [0.15, 0.2) is 4.52 Å². The lowest BCUT2D eigenvalue weighted by atomic mass is 10.1. The number of hydrogen-bond donors (Lipinski definition) is 1. The molecular weight excluding hydrogens is 218 g/mol. The molecule has 1 unspecified atom stereocenters. The van der Waals surface area contributed by atoms with E-state index in [0.29, 0.717) is 11.9 Å². The first-order valence-electron chi connectivity index (χ1n) is 6.33. The van der Waals surface area contributed by atoms with E-state index in [1.54, 1.807) is 0 Å². The summed E-state index contributed by atoms with van der Waals surface area (Å²) in [5.41, 5.74) is 5.89. The van der Waals surface area contributed by atoms with Crippen molar-refractivity contribution in [1.82, 2.24) is 19.9 Å². The minimum absolute atomic E-state index is 0.132. The molecule has 4 rings (SSSR count). The summed E-state index contributed by atoms with van der Waals surface area (Å²) < 4.78 is 5.25. The molecule has 0 spiro atoms. The molecule has 6 heteroatoms. The van der Waals surface area contributed by atoms with E-state index in [1.165, 1.54) is 0 Å². The molecule has 2 atom stereocenters. The molecule has 3 aliphatic heterocycles. The fourth-order valence-corrected chi connectivity index (χ4v) is 2.57. The lowest BCUT2D eigenvalue weighted by Gasteiger charge is -2.46. The molecule has 94 valence electrons. The number of nitrogens with two attached hydrogens (primary N) is 1. The molecule has 1 aromatic heterocycles. The van der Waals surface area contributed by atoms with E-state index in [9.17, 15) is 0 Å². The van der Waals surface area contributed by atoms with Gasteiger partial charge in [-0.15, -0.1) is 0 Å². The summed E-state index contributed by atoms with van der Waals surface area (Å²) in [5.74, 6) is 1.37. The maximum atomic E-state index is 5.89. The SMILES string of the molecule is CC[C@@H](N)c1nc(C2CN3CCN2CC3)no1. The summed E-state index contributed by atoms with van der Waals surface area (Å²) in [7, 11) is 0. The van der Waals surface area contributed by atoms with Crippen LogP contribution in [-0.2, 0) is 0 Å². The van der Waals surface area contributed by atoms with Crippen molar-refractivity contribution in [3.05, 3.63) is 11.7 Å². The third-order valence-corrected chi connectivity index (χ3v) is 3.79. The van der Waals surface area contributed by atoms with Crippen LogP contribution in [0.1, 0.15) is 37.1 Å². The molecule has 0 radical (unpaired) electrons. The van der Waals surface area contributed by atoms with E-state index in [1.807, 2.05) is 6.92 Å². The molecule has 1 aromatic rings. The van der Waals surface area contributed by atoms with Crippen LogP contribution < -0.4 is 5.73 Å². The first-order chi connectivity index (χ1) is 8.28. The Kier molecular flexibility index (Phi) is 2.85. The molecule has 6 nitrogen and oxygen atoms in total. The lowest BCUT2D eigenvalue weighted by Crippen LogP contribution is -2.57. The number of fused-ring (bicyclic) bond motifs is 3. The van der Waals surface area contributed by atoms with Crippen LogP contribution in [0.5, 0.6) is 0 Å². The quantitative estimate of drug-likeness (QED) is 0.807. The average Bonchev–Trinajstić information content (AvgIpc) is 2.88. The van der Waals surface area contributed by atoms with Crippen molar-refractivity contribution in [2.75, 3.05) is 32.7 Å². The molecule has 3 saturated heterocycles. The van der Waals surface area contributed by atoms with Gasteiger partial charge in [0.1, 0.15) is 0 Å². The lowest BCUT2D eigenvalue weighted by molar-refractivity contribution is 0.00781. The molecule has 17 heavy (non-hydrogen) atoms. The largest absolute Gasteiger partial charge is 0.338 e. The van der Waals surface area contributed by atoms with Gasteiger partial charge in [-0.2, -0.15) is 4.98 Å². The highest BCUT2D eigenvalue weighted by molar-refractivity contribution is 5.02. The molecular formula is C11H19N5O. The van der Waals surface area contributed by atoms with Gasteiger partial charge in [0.05, 0.1) is 12.1 Å². The number of piperazine rings is 3. The van der Waals surface area contributed by atoms with Gasteiger partial charge in [0.15, 0.2) is 5.82 Å². The highest BCUT2D eigenvalue weighted by Gasteiger charge is 2.35. The molecule has 0 amide bonds. The highest BCUT2D eigenvalue weighted by atomic mass is 16.5. The van der Waals surface area contributed by atoms with Crippen molar-refractivity contribution in [1.29, 1.82) is 0 Å². The zero-order valence-electron chi connectivity index (χ0n) is 10.2. The summed E-state index contributed by atoms with van der Waals surface area (Å²) in [6, 6.07) is 0.159. The van der Waals surface area contributed by atoms with Crippen LogP contribution in [0, 0.1) is 0 Å². The van der Waals surface area contributed by atoms with E-state index in [4.69, 9.17) is 10.3 Å². The van der Waals surface area contributed by atoms with Crippen LogP contribution >= 0.6 is 0 Å². The maximum Gasteiger partial charge on any atom is 0.243 e. The first kappa shape index (κ1) is 11.1. The van der Waals surface area contributed by atoms with Gasteiger partial charge in [-0.1, -0.05) is 12.1 Å². The third-order valence-electron chi connectivity index (χ3n) is 3.79. The molecule has 0 saturated carbocycles. The van der Waals surface area contributed by atoms with Crippen molar-refractivity contribution < 1.29 is 4.52 Å². The van der Waals surface area contributed by atoms with Gasteiger partial charge >= 0.3 is 0 Å². The van der Waals surface area contributed by atoms with E-state index in [0.717, 1.165) is 45.0 Å². The second-order valence-electron chi connectivity index (χ2n) is 4.86. The molecule has 0 aromatic carbocycles. The second kappa shape index (κ2) is 4.36. The van der Waals surface area contributed by atoms with Gasteiger partial charge in [-0.3, -0.25) is 9.80 Å². The average molecular weight is 237 g/mol. The van der Waals surface area contributed by atoms with Gasteiger partial charge < -0.3 is 10.3 Å². The number of hydrogen-bond acceptors (Lipinski definition) is 6. The van der Waals surface area contributed by atoms with Crippen LogP contribution in [-0.4, -0.2) is 52.7 Å². The Hall–Kier alpha value is -0.980. The van der Waals surface area contributed by atoms with E-state index >= 15 is 0 Å². The van der Waals surface area contributed by atoms with Crippen molar-refractivity contribution in [2.45, 2.75) is 25.4 Å². The van der Waals surface area contributed by atoms with Crippen molar-refractivity contribution in [3.8, 4) is 0 Å². The molecule has 2 bridgehead atoms. The van der Waals surface area contributed by atoms with Crippen molar-refractivity contribution >= 4 is 0 Å². The van der Waals surface area contributed by atoms with Crippen LogP contribution in [0.2, 0.25) is 0 Å². The maximum absolute atomic E-state index is 5.89. The fourth-order valence-electron chi connectivity index (χ4n) is 2.57. The van der Waals surface area contributed by atoms with Crippen LogP contribution in [0.3, 0.4) is 0 Å². The minimum Gasteiger partial charge on any atom is -0.338 e. The normalized spacial score (nSPS) is 33.9. The molecule has 3 aliphatic rings. The van der Waals surface area contributed by atoms with Crippen LogP contribution in [0.4, 0.5) is 0 Å². The first-order valence-corrected chi connectivity index (χ1v) is 6.33. The molecule has 3 fully saturated rings. The summed E-state index contributed by atoms with van der Waals surface area (Å²) in [5, 5.41) is 4.09. The predicted molar refractivity (Wildman–Crippen MR) is 62.3 cm³/mol. The summed E-state index contributed by atoms with van der Waals surface area (Å²) in [6.45, 7) is 7.57. The van der Waals surface area contributed by atoms with Gasteiger partial charge in [0.2, 0.25) is 5.89 Å². The smallest absolute Gasteiger partial charge is 0.243 e. The van der Waals surface area contributed by atoms with Crippen molar-refractivity contribution in [3.63, 3.8) is 0 Å². The van der Waals surface area contributed by atoms with Gasteiger partial charge in [0.25, 0.3) is 0 Å². The predicted octanol–water partition coefficient (Wildman–Crippen LogP) is 0.152. The van der Waals surface area contributed by atoms with Gasteiger partial charge in [-0.25, -0.2) is 0 Å². The van der Waals surface area contributed by atoms with Crippen molar-refractivity contribution in [2.24, 2.45) is 5.73 Å². The molecule has 4 heterocycles. The zero-order valence-corrected chi connectivity index (χ0v) is 10.2.